The monoisotopic (exact) mass is 371 g/mol. The van der Waals surface area contributed by atoms with Crippen molar-refractivity contribution in [3.05, 3.63) is 70.0 Å². The van der Waals surface area contributed by atoms with Crippen molar-refractivity contribution in [3.8, 4) is 0 Å². The van der Waals surface area contributed by atoms with E-state index in [2.05, 4.69) is 5.32 Å². The second-order valence-corrected chi connectivity index (χ2v) is 6.41. The molecule has 0 aromatic heterocycles. The van der Waals surface area contributed by atoms with Crippen molar-refractivity contribution in [2.45, 2.75) is 31.0 Å². The number of hydrogen-bond acceptors (Lipinski definition) is 1. The van der Waals surface area contributed by atoms with Gasteiger partial charge in [0.25, 0.3) is 5.91 Å². The molecule has 1 aliphatic rings. The van der Waals surface area contributed by atoms with Gasteiger partial charge in [0.1, 0.15) is 5.82 Å². The average molecular weight is 372 g/mol. The number of benzene rings is 2. The Kier molecular flexibility index (Phi) is 4.73. The van der Waals surface area contributed by atoms with E-state index in [4.69, 9.17) is 11.6 Å². The summed E-state index contributed by atoms with van der Waals surface area (Å²) in [7, 11) is 0. The number of rotatable bonds is 3. The van der Waals surface area contributed by atoms with Crippen LogP contribution in [0.1, 0.15) is 40.2 Å². The van der Waals surface area contributed by atoms with Crippen LogP contribution in [0, 0.1) is 5.82 Å². The maximum atomic E-state index is 13.9. The zero-order chi connectivity index (χ0) is 18.2. The minimum absolute atomic E-state index is 0.0256. The normalized spacial score (nSPS) is 20.0. The summed E-state index contributed by atoms with van der Waals surface area (Å²) < 4.78 is 53.0. The highest BCUT2D eigenvalue weighted by Crippen LogP contribution is 2.38. The number of amides is 1. The summed E-state index contributed by atoms with van der Waals surface area (Å²) in [5.74, 6) is -2.26. The first kappa shape index (κ1) is 17.7. The number of carbonyl (C=O) groups is 1. The fourth-order valence-electron chi connectivity index (χ4n) is 3.01. The van der Waals surface area contributed by atoms with Crippen molar-refractivity contribution < 1.29 is 22.4 Å². The van der Waals surface area contributed by atoms with Gasteiger partial charge in [-0.05, 0) is 42.7 Å². The summed E-state index contributed by atoms with van der Waals surface area (Å²) in [4.78, 5) is 12.3. The predicted molar refractivity (Wildman–Crippen MR) is 86.1 cm³/mol. The van der Waals surface area contributed by atoms with E-state index in [1.54, 1.807) is 12.1 Å². The molecular weight excluding hydrogens is 358 g/mol. The molecule has 1 aliphatic carbocycles. The summed E-state index contributed by atoms with van der Waals surface area (Å²) >= 11 is 5.84. The molecule has 0 saturated heterocycles. The smallest absolute Gasteiger partial charge is 0.349 e. The Morgan fingerprint density at radius 2 is 1.76 bits per heavy atom. The molecule has 0 radical (unpaired) electrons. The molecule has 2 aromatic carbocycles. The van der Waals surface area contributed by atoms with E-state index >= 15 is 0 Å². The summed E-state index contributed by atoms with van der Waals surface area (Å²) in [6.07, 6.45) is -3.39. The molecule has 0 heterocycles. The first-order valence-corrected chi connectivity index (χ1v) is 8.07. The highest BCUT2D eigenvalue weighted by molar-refractivity contribution is 6.30. The van der Waals surface area contributed by atoms with Gasteiger partial charge in [-0.2, -0.15) is 13.2 Å². The van der Waals surface area contributed by atoms with Gasteiger partial charge in [-0.1, -0.05) is 29.8 Å². The maximum absolute atomic E-state index is 13.9. The molecule has 2 unspecified atom stereocenters. The van der Waals surface area contributed by atoms with E-state index in [1.807, 2.05) is 12.1 Å². The molecule has 0 spiro atoms. The molecule has 2 nitrogen and oxygen atoms in total. The lowest BCUT2D eigenvalue weighted by Gasteiger charge is -2.37. The summed E-state index contributed by atoms with van der Waals surface area (Å²) in [5.41, 5.74) is -1.30. The summed E-state index contributed by atoms with van der Waals surface area (Å²) in [6.45, 7) is 0. The van der Waals surface area contributed by atoms with Crippen LogP contribution in [0.4, 0.5) is 17.6 Å². The molecule has 7 heteroatoms. The highest BCUT2D eigenvalue weighted by atomic mass is 35.5. The third-order valence-corrected chi connectivity index (χ3v) is 4.69. The van der Waals surface area contributed by atoms with Gasteiger partial charge >= 0.3 is 6.18 Å². The molecule has 2 aromatic rings. The second-order valence-electron chi connectivity index (χ2n) is 5.98. The Balaban J connectivity index is 1.80. The van der Waals surface area contributed by atoms with Gasteiger partial charge in [-0.3, -0.25) is 4.79 Å². The number of alkyl halides is 3. The molecule has 0 bridgehead atoms. The molecule has 1 amide bonds. The van der Waals surface area contributed by atoms with Gasteiger partial charge < -0.3 is 5.32 Å². The largest absolute Gasteiger partial charge is 0.417 e. The van der Waals surface area contributed by atoms with Crippen LogP contribution in [-0.2, 0) is 6.18 Å². The number of nitrogens with one attached hydrogen (secondary N) is 1. The second kappa shape index (κ2) is 6.67. The van der Waals surface area contributed by atoms with E-state index < -0.39 is 29.0 Å². The molecule has 132 valence electrons. The Morgan fingerprint density at radius 1 is 1.08 bits per heavy atom. The van der Waals surface area contributed by atoms with Crippen molar-refractivity contribution >= 4 is 17.5 Å². The number of hydrogen-bond donors (Lipinski definition) is 1. The van der Waals surface area contributed by atoms with Crippen molar-refractivity contribution in [1.82, 2.24) is 5.32 Å². The SMILES string of the molecule is O=C(NC1CCC1c1ccc(Cl)cc1)c1c(F)cccc1C(F)(F)F. The summed E-state index contributed by atoms with van der Waals surface area (Å²) in [6, 6.07) is 9.21. The highest BCUT2D eigenvalue weighted by Gasteiger charge is 2.39. The van der Waals surface area contributed by atoms with Crippen molar-refractivity contribution in [2.75, 3.05) is 0 Å². The lowest BCUT2D eigenvalue weighted by atomic mass is 9.75. The van der Waals surface area contributed by atoms with Crippen LogP contribution in [0.2, 0.25) is 5.02 Å². The molecule has 0 aliphatic heterocycles. The Hall–Kier alpha value is -2.08. The van der Waals surface area contributed by atoms with Crippen molar-refractivity contribution in [1.29, 1.82) is 0 Å². The fourth-order valence-corrected chi connectivity index (χ4v) is 3.14. The molecular formula is C18H14ClF4NO. The predicted octanol–water partition coefficient (Wildman–Crippen LogP) is 5.17. The first-order valence-electron chi connectivity index (χ1n) is 7.69. The lowest BCUT2D eigenvalue weighted by Crippen LogP contribution is -2.46. The van der Waals surface area contributed by atoms with E-state index in [-0.39, 0.29) is 12.0 Å². The molecule has 3 rings (SSSR count). The minimum atomic E-state index is -4.80. The maximum Gasteiger partial charge on any atom is 0.417 e. The lowest BCUT2D eigenvalue weighted by molar-refractivity contribution is -0.138. The zero-order valence-corrected chi connectivity index (χ0v) is 13.7. The molecule has 25 heavy (non-hydrogen) atoms. The van der Waals surface area contributed by atoms with Crippen molar-refractivity contribution in [2.24, 2.45) is 0 Å². The molecule has 1 N–H and O–H groups in total. The van der Waals surface area contributed by atoms with E-state index in [1.165, 1.54) is 0 Å². The zero-order valence-electron chi connectivity index (χ0n) is 12.9. The molecule has 2 atom stereocenters. The third kappa shape index (κ3) is 3.63. The van der Waals surface area contributed by atoms with Crippen molar-refractivity contribution in [3.63, 3.8) is 0 Å². The van der Waals surface area contributed by atoms with Gasteiger partial charge in [0.15, 0.2) is 0 Å². The van der Waals surface area contributed by atoms with Crippen LogP contribution in [0.15, 0.2) is 42.5 Å². The Bertz CT molecular complexity index is 789. The summed E-state index contributed by atoms with van der Waals surface area (Å²) in [5, 5.41) is 3.11. The first-order chi connectivity index (χ1) is 11.8. The van der Waals surface area contributed by atoms with E-state index in [9.17, 15) is 22.4 Å². The number of carbonyl (C=O) groups excluding carboxylic acids is 1. The van der Waals surface area contributed by atoms with Crippen LogP contribution < -0.4 is 5.32 Å². The van der Waals surface area contributed by atoms with Crippen LogP contribution in [0.5, 0.6) is 0 Å². The standard InChI is InChI=1S/C18H14ClF4NO/c19-11-6-4-10(5-7-11)12-8-9-15(12)24-17(25)16-13(18(21,22)23)2-1-3-14(16)20/h1-7,12,15H,8-9H2,(H,24,25). The van der Waals surface area contributed by atoms with Gasteiger partial charge in [0.2, 0.25) is 0 Å². The van der Waals surface area contributed by atoms with Crippen LogP contribution in [0.3, 0.4) is 0 Å². The van der Waals surface area contributed by atoms with Crippen LogP contribution in [0.25, 0.3) is 0 Å². The molecule has 1 fully saturated rings. The number of halogens is 5. The average Bonchev–Trinajstić information content (AvgIpc) is 2.52. The molecule has 1 saturated carbocycles. The topological polar surface area (TPSA) is 29.1 Å². The Morgan fingerprint density at radius 3 is 2.32 bits per heavy atom. The minimum Gasteiger partial charge on any atom is -0.349 e. The quantitative estimate of drug-likeness (QED) is 0.740. The Labute approximate surface area is 146 Å². The van der Waals surface area contributed by atoms with E-state index in [0.717, 1.165) is 24.1 Å². The van der Waals surface area contributed by atoms with Gasteiger partial charge in [0, 0.05) is 17.0 Å². The van der Waals surface area contributed by atoms with E-state index in [0.29, 0.717) is 17.5 Å². The van der Waals surface area contributed by atoms with Crippen LogP contribution in [-0.4, -0.2) is 11.9 Å². The van der Waals surface area contributed by atoms with Gasteiger partial charge in [-0.25, -0.2) is 4.39 Å². The van der Waals surface area contributed by atoms with Gasteiger partial charge in [-0.15, -0.1) is 0 Å². The van der Waals surface area contributed by atoms with Crippen LogP contribution >= 0.6 is 11.6 Å². The van der Waals surface area contributed by atoms with Gasteiger partial charge in [0.05, 0.1) is 11.1 Å². The third-order valence-electron chi connectivity index (χ3n) is 4.44. The fraction of sp³-hybridized carbons (Fsp3) is 0.278.